The molecule has 2 bridgehead atoms. The van der Waals surface area contributed by atoms with Crippen LogP contribution in [0.4, 0.5) is 0 Å². The van der Waals surface area contributed by atoms with Gasteiger partial charge in [-0.05, 0) is 49.4 Å². The molecule has 31 heavy (non-hydrogen) atoms. The Morgan fingerprint density at radius 1 is 1.00 bits per heavy atom. The van der Waals surface area contributed by atoms with Gasteiger partial charge in [0.15, 0.2) is 5.65 Å². The van der Waals surface area contributed by atoms with Crippen molar-refractivity contribution in [3.63, 3.8) is 0 Å². The second-order valence-corrected chi connectivity index (χ2v) is 8.85. The Balaban J connectivity index is 1.31. The summed E-state index contributed by atoms with van der Waals surface area (Å²) < 4.78 is 3.80. The van der Waals surface area contributed by atoms with Crippen LogP contribution in [0.3, 0.4) is 0 Å². The summed E-state index contributed by atoms with van der Waals surface area (Å²) in [6.07, 6.45) is 11.6. The number of hydrogen-bond donors (Lipinski definition) is 2. The standard InChI is InChI=1S/C23H25N7O/c1-29-13-16(12-24-29)14-5-6-20(22(31)8-14)21-7-15-11-25-30(23(15)28-27-21)19-9-17-3-2-4-18(10-19)26-17/h5-8,11-13,17-19,26,31H,2-4,9-10H2,1H3/t17-,18+,19-. The minimum Gasteiger partial charge on any atom is -0.507 e. The zero-order valence-electron chi connectivity index (χ0n) is 17.4. The van der Waals surface area contributed by atoms with Crippen molar-refractivity contribution in [1.82, 2.24) is 35.1 Å². The van der Waals surface area contributed by atoms with Crippen LogP contribution in [0.25, 0.3) is 33.4 Å². The fraction of sp³-hybridized carbons (Fsp3) is 0.391. The van der Waals surface area contributed by atoms with E-state index >= 15 is 0 Å². The van der Waals surface area contributed by atoms with Crippen molar-refractivity contribution in [3.05, 3.63) is 42.9 Å². The smallest absolute Gasteiger partial charge is 0.180 e. The van der Waals surface area contributed by atoms with Gasteiger partial charge in [-0.2, -0.15) is 10.2 Å². The first-order valence-electron chi connectivity index (χ1n) is 10.9. The summed E-state index contributed by atoms with van der Waals surface area (Å²) in [7, 11) is 1.87. The molecule has 0 unspecified atom stereocenters. The van der Waals surface area contributed by atoms with Crippen LogP contribution in [0, 0.1) is 0 Å². The Morgan fingerprint density at radius 2 is 1.84 bits per heavy atom. The van der Waals surface area contributed by atoms with Crippen LogP contribution in [0.1, 0.15) is 38.1 Å². The molecule has 3 atom stereocenters. The van der Waals surface area contributed by atoms with Gasteiger partial charge in [-0.3, -0.25) is 4.68 Å². The van der Waals surface area contributed by atoms with E-state index in [0.717, 1.165) is 35.0 Å². The second kappa shape index (κ2) is 7.16. The molecule has 2 saturated heterocycles. The van der Waals surface area contributed by atoms with E-state index in [2.05, 4.69) is 30.4 Å². The molecule has 0 saturated carbocycles. The van der Waals surface area contributed by atoms with Gasteiger partial charge in [0, 0.05) is 41.8 Å². The van der Waals surface area contributed by atoms with Gasteiger partial charge in [0.2, 0.25) is 0 Å². The molecule has 8 nitrogen and oxygen atoms in total. The van der Waals surface area contributed by atoms with Gasteiger partial charge in [0.05, 0.1) is 24.1 Å². The Bertz CT molecular complexity index is 1250. The molecule has 6 rings (SSSR count). The number of phenols is 1. The van der Waals surface area contributed by atoms with Crippen molar-refractivity contribution in [2.24, 2.45) is 7.05 Å². The lowest BCUT2D eigenvalue weighted by molar-refractivity contribution is 0.182. The summed E-state index contributed by atoms with van der Waals surface area (Å²) in [5.74, 6) is 0.175. The zero-order valence-corrected chi connectivity index (χ0v) is 17.4. The van der Waals surface area contributed by atoms with E-state index in [1.807, 2.05) is 37.6 Å². The molecule has 4 aromatic rings. The molecule has 158 valence electrons. The van der Waals surface area contributed by atoms with Gasteiger partial charge >= 0.3 is 0 Å². The van der Waals surface area contributed by atoms with Crippen molar-refractivity contribution in [3.8, 4) is 28.1 Å². The second-order valence-electron chi connectivity index (χ2n) is 8.85. The number of aromatic nitrogens is 6. The van der Waals surface area contributed by atoms with E-state index in [9.17, 15) is 5.11 Å². The van der Waals surface area contributed by atoms with Gasteiger partial charge in [-0.15, -0.1) is 10.2 Å². The van der Waals surface area contributed by atoms with Crippen LogP contribution in [-0.4, -0.2) is 46.9 Å². The summed E-state index contributed by atoms with van der Waals surface area (Å²) >= 11 is 0. The molecule has 5 heterocycles. The molecule has 0 amide bonds. The van der Waals surface area contributed by atoms with Crippen LogP contribution < -0.4 is 5.32 Å². The Morgan fingerprint density at radius 3 is 2.58 bits per heavy atom. The normalized spacial score (nSPS) is 23.3. The van der Waals surface area contributed by atoms with Gasteiger partial charge in [0.25, 0.3) is 0 Å². The molecule has 8 heteroatoms. The number of aryl methyl sites for hydroxylation is 1. The molecule has 2 fully saturated rings. The van der Waals surface area contributed by atoms with E-state index in [0.29, 0.717) is 29.4 Å². The van der Waals surface area contributed by atoms with Gasteiger partial charge in [-0.1, -0.05) is 12.5 Å². The summed E-state index contributed by atoms with van der Waals surface area (Å²) in [6.45, 7) is 0. The Labute approximate surface area is 179 Å². The maximum atomic E-state index is 10.7. The molecule has 3 aromatic heterocycles. The number of nitrogens with zero attached hydrogens (tertiary/aromatic N) is 6. The zero-order chi connectivity index (χ0) is 20.9. The number of nitrogens with one attached hydrogen (secondary N) is 1. The Hall–Kier alpha value is -3.26. The number of hydrogen-bond acceptors (Lipinski definition) is 6. The summed E-state index contributed by atoms with van der Waals surface area (Å²) in [4.78, 5) is 0. The molecule has 2 N–H and O–H groups in total. The summed E-state index contributed by atoms with van der Waals surface area (Å²) in [5, 5.41) is 33.2. The monoisotopic (exact) mass is 415 g/mol. The highest BCUT2D eigenvalue weighted by Crippen LogP contribution is 2.36. The highest BCUT2D eigenvalue weighted by atomic mass is 16.3. The lowest BCUT2D eigenvalue weighted by atomic mass is 9.84. The molecule has 2 aliphatic heterocycles. The predicted molar refractivity (Wildman–Crippen MR) is 117 cm³/mol. The van der Waals surface area contributed by atoms with Gasteiger partial charge in [0.1, 0.15) is 5.75 Å². The fourth-order valence-electron chi connectivity index (χ4n) is 5.18. The average molecular weight is 416 g/mol. The largest absolute Gasteiger partial charge is 0.507 e. The molecular formula is C23H25N7O. The van der Waals surface area contributed by atoms with Crippen LogP contribution in [0.5, 0.6) is 5.75 Å². The molecule has 0 aliphatic carbocycles. The van der Waals surface area contributed by atoms with E-state index in [1.165, 1.54) is 19.3 Å². The summed E-state index contributed by atoms with van der Waals surface area (Å²) in [6, 6.07) is 9.09. The quantitative estimate of drug-likeness (QED) is 0.532. The van der Waals surface area contributed by atoms with Crippen LogP contribution >= 0.6 is 0 Å². The maximum absolute atomic E-state index is 10.7. The topological polar surface area (TPSA) is 93.7 Å². The first kappa shape index (κ1) is 18.5. The van der Waals surface area contributed by atoms with E-state index in [4.69, 9.17) is 0 Å². The van der Waals surface area contributed by atoms with E-state index in [1.54, 1.807) is 16.9 Å². The lowest BCUT2D eigenvalue weighted by Crippen LogP contribution is -2.49. The summed E-state index contributed by atoms with van der Waals surface area (Å²) in [5.41, 5.74) is 3.99. The number of rotatable bonds is 3. The predicted octanol–water partition coefficient (Wildman–Crippen LogP) is 3.45. The minimum atomic E-state index is 0.175. The average Bonchev–Trinajstić information content (AvgIpc) is 3.39. The third kappa shape index (κ3) is 3.27. The minimum absolute atomic E-state index is 0.175. The number of phenolic OH excluding ortho intramolecular Hbond substituents is 1. The first-order valence-corrected chi connectivity index (χ1v) is 10.9. The number of piperidine rings is 2. The van der Waals surface area contributed by atoms with Crippen molar-refractivity contribution in [2.45, 2.75) is 50.2 Å². The highest BCUT2D eigenvalue weighted by molar-refractivity contribution is 5.81. The number of benzene rings is 1. The third-order valence-electron chi connectivity index (χ3n) is 6.69. The van der Waals surface area contributed by atoms with Crippen LogP contribution in [0.2, 0.25) is 0 Å². The third-order valence-corrected chi connectivity index (χ3v) is 6.69. The molecule has 0 radical (unpaired) electrons. The first-order chi connectivity index (χ1) is 15.1. The van der Waals surface area contributed by atoms with Crippen LogP contribution in [-0.2, 0) is 7.05 Å². The van der Waals surface area contributed by atoms with E-state index in [-0.39, 0.29) is 5.75 Å². The molecule has 2 aliphatic rings. The van der Waals surface area contributed by atoms with Crippen molar-refractivity contribution < 1.29 is 5.11 Å². The van der Waals surface area contributed by atoms with E-state index < -0.39 is 0 Å². The SMILES string of the molecule is Cn1cc(-c2ccc(-c3cc4cnn([C@@H]5C[C@H]6CCC[C@@H](C5)N6)c4nn3)c(O)c2)cn1. The number of aromatic hydroxyl groups is 1. The Kier molecular flexibility index (Phi) is 4.27. The molecule has 1 aromatic carbocycles. The van der Waals surface area contributed by atoms with Crippen molar-refractivity contribution >= 4 is 11.0 Å². The lowest BCUT2D eigenvalue weighted by Gasteiger charge is -2.40. The fourth-order valence-corrected chi connectivity index (χ4v) is 5.18. The van der Waals surface area contributed by atoms with Gasteiger partial charge < -0.3 is 10.4 Å². The van der Waals surface area contributed by atoms with Crippen LogP contribution in [0.15, 0.2) is 42.9 Å². The van der Waals surface area contributed by atoms with Crippen molar-refractivity contribution in [2.75, 3.05) is 0 Å². The maximum Gasteiger partial charge on any atom is 0.180 e. The molecular weight excluding hydrogens is 390 g/mol. The number of fused-ring (bicyclic) bond motifs is 3. The molecule has 0 spiro atoms. The highest BCUT2D eigenvalue weighted by Gasteiger charge is 2.33. The van der Waals surface area contributed by atoms with Crippen molar-refractivity contribution in [1.29, 1.82) is 0 Å². The van der Waals surface area contributed by atoms with Gasteiger partial charge in [-0.25, -0.2) is 4.68 Å².